The summed E-state index contributed by atoms with van der Waals surface area (Å²) in [5, 5.41) is 2.59. The maximum Gasteiger partial charge on any atom is 0.408 e. The van der Waals surface area contributed by atoms with Crippen LogP contribution in [0, 0.1) is 0 Å². The summed E-state index contributed by atoms with van der Waals surface area (Å²) in [6, 6.07) is 23.7. The molecule has 0 heterocycles. The quantitative estimate of drug-likeness (QED) is 0.335. The van der Waals surface area contributed by atoms with Crippen molar-refractivity contribution in [1.29, 1.82) is 0 Å². The summed E-state index contributed by atoms with van der Waals surface area (Å²) in [5.41, 5.74) is 3.50. The molecule has 7 heteroatoms. The van der Waals surface area contributed by atoms with Crippen molar-refractivity contribution in [2.45, 2.75) is 31.6 Å². The molecule has 3 rings (SSSR count). The highest BCUT2D eigenvalue weighted by atomic mass is 35.5. The fourth-order valence-electron chi connectivity index (χ4n) is 3.22. The van der Waals surface area contributed by atoms with Gasteiger partial charge in [0.05, 0.1) is 7.11 Å². The molecule has 0 spiro atoms. The van der Waals surface area contributed by atoms with Crippen molar-refractivity contribution < 1.29 is 23.8 Å². The number of hydrogen-bond donors (Lipinski definition) is 1. The number of halogens is 1. The van der Waals surface area contributed by atoms with E-state index in [-0.39, 0.29) is 18.9 Å². The van der Waals surface area contributed by atoms with Gasteiger partial charge in [0.15, 0.2) is 0 Å². The number of ether oxygens (including phenoxy) is 3. The Kier molecular flexibility index (Phi) is 9.15. The van der Waals surface area contributed by atoms with Crippen molar-refractivity contribution in [1.82, 2.24) is 5.32 Å². The van der Waals surface area contributed by atoms with Crippen LogP contribution in [0.4, 0.5) is 4.79 Å². The zero-order valence-corrected chi connectivity index (χ0v) is 19.1. The monoisotopic (exact) mass is 467 g/mol. The molecule has 0 aliphatic heterocycles. The second-order valence-electron chi connectivity index (χ2n) is 7.32. The molecule has 3 aromatic carbocycles. The zero-order valence-electron chi connectivity index (χ0n) is 18.3. The van der Waals surface area contributed by atoms with Crippen molar-refractivity contribution in [2.24, 2.45) is 0 Å². The molecule has 6 nitrogen and oxygen atoms in total. The molecule has 0 aliphatic carbocycles. The van der Waals surface area contributed by atoms with Gasteiger partial charge in [0.25, 0.3) is 0 Å². The van der Waals surface area contributed by atoms with Crippen LogP contribution in [0.1, 0.15) is 22.3 Å². The molecule has 1 atom stereocenters. The van der Waals surface area contributed by atoms with Gasteiger partial charge in [-0.3, -0.25) is 0 Å². The summed E-state index contributed by atoms with van der Waals surface area (Å²) >= 11 is 6.16. The highest BCUT2D eigenvalue weighted by molar-refractivity contribution is 6.17. The van der Waals surface area contributed by atoms with E-state index in [4.69, 9.17) is 25.8 Å². The Hall–Kier alpha value is -3.51. The predicted molar refractivity (Wildman–Crippen MR) is 126 cm³/mol. The van der Waals surface area contributed by atoms with Gasteiger partial charge < -0.3 is 19.5 Å². The molecule has 172 valence electrons. The first-order valence-electron chi connectivity index (χ1n) is 10.5. The number of esters is 1. The molecule has 3 aromatic rings. The van der Waals surface area contributed by atoms with E-state index >= 15 is 0 Å². The minimum Gasteiger partial charge on any atom is -0.489 e. The van der Waals surface area contributed by atoms with Gasteiger partial charge >= 0.3 is 12.1 Å². The molecule has 1 N–H and O–H groups in total. The fraction of sp³-hybridized carbons (Fsp3) is 0.231. The summed E-state index contributed by atoms with van der Waals surface area (Å²) < 4.78 is 16.0. The lowest BCUT2D eigenvalue weighted by atomic mass is 10.0. The molecular weight excluding hydrogens is 442 g/mol. The van der Waals surface area contributed by atoms with Gasteiger partial charge in [0, 0.05) is 12.3 Å². The minimum atomic E-state index is -0.920. The van der Waals surface area contributed by atoms with Crippen LogP contribution in [-0.4, -0.2) is 25.2 Å². The van der Waals surface area contributed by atoms with Crippen LogP contribution in [0.15, 0.2) is 78.9 Å². The average molecular weight is 468 g/mol. The normalized spacial score (nSPS) is 11.3. The highest BCUT2D eigenvalue weighted by Crippen LogP contribution is 2.22. The van der Waals surface area contributed by atoms with Crippen LogP contribution < -0.4 is 10.1 Å². The van der Waals surface area contributed by atoms with Crippen LogP contribution in [-0.2, 0) is 39.8 Å². The minimum absolute atomic E-state index is 0.0982. The first-order valence-corrected chi connectivity index (χ1v) is 11.0. The third-order valence-electron chi connectivity index (χ3n) is 4.98. The molecule has 0 fully saturated rings. The molecule has 0 unspecified atom stereocenters. The maximum absolute atomic E-state index is 12.3. The molecular formula is C26H26ClNO5. The van der Waals surface area contributed by atoms with Crippen molar-refractivity contribution in [3.05, 3.63) is 101 Å². The lowest BCUT2D eigenvalue weighted by Crippen LogP contribution is -2.43. The van der Waals surface area contributed by atoms with E-state index in [1.807, 2.05) is 78.9 Å². The average Bonchev–Trinajstić information content (AvgIpc) is 2.87. The van der Waals surface area contributed by atoms with Crippen LogP contribution in [0.2, 0.25) is 0 Å². The van der Waals surface area contributed by atoms with Crippen molar-refractivity contribution >= 4 is 23.7 Å². The fourth-order valence-corrected chi connectivity index (χ4v) is 3.47. The standard InChI is InChI=1S/C26H26ClNO5/c1-31-25(29)24(28-26(30)33-18-20-10-6-3-7-11-20)15-21-12-13-23(14-22(21)16-27)32-17-19-8-4-2-5-9-19/h2-14,24H,15-18H2,1H3,(H,28,30)/t24-/m0/s1. The third-order valence-corrected chi connectivity index (χ3v) is 5.27. The Morgan fingerprint density at radius 1 is 0.879 bits per heavy atom. The second kappa shape index (κ2) is 12.5. The number of alkyl carbamates (subject to hydrolysis) is 1. The van der Waals surface area contributed by atoms with Gasteiger partial charge in [-0.1, -0.05) is 66.7 Å². The van der Waals surface area contributed by atoms with Crippen LogP contribution in [0.3, 0.4) is 0 Å². The van der Waals surface area contributed by atoms with Gasteiger partial charge in [-0.15, -0.1) is 11.6 Å². The topological polar surface area (TPSA) is 73.9 Å². The van der Waals surface area contributed by atoms with Crippen molar-refractivity contribution in [2.75, 3.05) is 7.11 Å². The predicted octanol–water partition coefficient (Wildman–Crippen LogP) is 5.01. The van der Waals surface area contributed by atoms with Gasteiger partial charge in [0.1, 0.15) is 25.0 Å². The number of benzene rings is 3. The van der Waals surface area contributed by atoms with Crippen LogP contribution in [0.5, 0.6) is 5.75 Å². The van der Waals surface area contributed by atoms with Gasteiger partial charge in [-0.25, -0.2) is 9.59 Å². The first-order chi connectivity index (χ1) is 16.1. The smallest absolute Gasteiger partial charge is 0.408 e. The Balaban J connectivity index is 1.63. The number of hydrogen-bond acceptors (Lipinski definition) is 5. The lowest BCUT2D eigenvalue weighted by molar-refractivity contribution is -0.143. The highest BCUT2D eigenvalue weighted by Gasteiger charge is 2.24. The van der Waals surface area contributed by atoms with Crippen LogP contribution in [0.25, 0.3) is 0 Å². The van der Waals surface area contributed by atoms with E-state index in [0.29, 0.717) is 12.4 Å². The number of carbonyl (C=O) groups is 2. The first kappa shape index (κ1) is 24.1. The summed E-state index contributed by atoms with van der Waals surface area (Å²) in [7, 11) is 1.27. The summed E-state index contributed by atoms with van der Waals surface area (Å²) in [5.74, 6) is 0.323. The number of alkyl halides is 1. The summed E-state index contributed by atoms with van der Waals surface area (Å²) in [6.45, 7) is 0.530. The number of nitrogens with one attached hydrogen (secondary N) is 1. The Morgan fingerprint density at radius 2 is 1.52 bits per heavy atom. The number of carbonyl (C=O) groups excluding carboxylic acids is 2. The number of amides is 1. The largest absolute Gasteiger partial charge is 0.489 e. The number of methoxy groups -OCH3 is 1. The van der Waals surface area contributed by atoms with Gasteiger partial charge in [0.2, 0.25) is 0 Å². The Labute approximate surface area is 198 Å². The van der Waals surface area contributed by atoms with Crippen LogP contribution >= 0.6 is 11.6 Å². The lowest BCUT2D eigenvalue weighted by Gasteiger charge is -2.18. The molecule has 0 saturated heterocycles. The molecule has 0 saturated carbocycles. The maximum atomic E-state index is 12.3. The van der Waals surface area contributed by atoms with Gasteiger partial charge in [-0.2, -0.15) is 0 Å². The molecule has 0 aromatic heterocycles. The Morgan fingerprint density at radius 3 is 2.12 bits per heavy atom. The molecule has 33 heavy (non-hydrogen) atoms. The summed E-state index contributed by atoms with van der Waals surface area (Å²) in [4.78, 5) is 24.6. The SMILES string of the molecule is COC(=O)[C@H](Cc1ccc(OCc2ccccc2)cc1CCl)NC(=O)OCc1ccccc1. The van der Waals surface area contributed by atoms with E-state index in [9.17, 15) is 9.59 Å². The zero-order chi connectivity index (χ0) is 23.5. The number of rotatable bonds is 10. The molecule has 1 amide bonds. The van der Waals surface area contributed by atoms with Crippen molar-refractivity contribution in [3.8, 4) is 5.75 Å². The second-order valence-corrected chi connectivity index (χ2v) is 7.59. The molecule has 0 bridgehead atoms. The van der Waals surface area contributed by atoms with Crippen molar-refractivity contribution in [3.63, 3.8) is 0 Å². The van der Waals surface area contributed by atoms with E-state index < -0.39 is 18.1 Å². The third kappa shape index (κ3) is 7.54. The Bertz CT molecular complexity index is 1040. The molecule has 0 radical (unpaired) electrons. The van der Waals surface area contributed by atoms with E-state index in [1.165, 1.54) is 7.11 Å². The summed E-state index contributed by atoms with van der Waals surface area (Å²) in [6.07, 6.45) is -0.502. The molecule has 0 aliphatic rings. The van der Waals surface area contributed by atoms with Gasteiger partial charge in [-0.05, 0) is 34.4 Å². The van der Waals surface area contributed by atoms with E-state index in [0.717, 1.165) is 22.3 Å². The van der Waals surface area contributed by atoms with E-state index in [1.54, 1.807) is 0 Å². The van der Waals surface area contributed by atoms with E-state index in [2.05, 4.69) is 5.32 Å².